The van der Waals surface area contributed by atoms with Gasteiger partial charge in [-0.2, -0.15) is 4.39 Å². The van der Waals surface area contributed by atoms with Crippen molar-refractivity contribution in [2.24, 2.45) is 0 Å². The average Bonchev–Trinajstić information content (AvgIpc) is 2.02. The summed E-state index contributed by atoms with van der Waals surface area (Å²) in [5.74, 6) is -1.05. The number of aldehydes is 1. The lowest BCUT2D eigenvalue weighted by atomic mass is 10.1. The van der Waals surface area contributed by atoms with Crippen molar-refractivity contribution in [1.29, 1.82) is 0 Å². The number of alkyl halides is 2. The Labute approximate surface area is 79.9 Å². The molecule has 0 radical (unpaired) electrons. The molecule has 0 aliphatic heterocycles. The van der Waals surface area contributed by atoms with Gasteiger partial charge in [0.2, 0.25) is 5.95 Å². The van der Waals surface area contributed by atoms with Gasteiger partial charge in [0.05, 0.1) is 5.56 Å². The van der Waals surface area contributed by atoms with E-state index in [-0.39, 0.29) is 16.5 Å². The summed E-state index contributed by atoms with van der Waals surface area (Å²) >= 11 is 2.71. The number of carbonyl (C=O) groups is 1. The van der Waals surface area contributed by atoms with Crippen LogP contribution in [-0.4, -0.2) is 11.3 Å². The topological polar surface area (TPSA) is 30.0 Å². The quantitative estimate of drug-likeness (QED) is 0.600. The van der Waals surface area contributed by atoms with Crippen LogP contribution >= 0.6 is 15.9 Å². The molecule has 0 aliphatic carbocycles. The molecule has 0 saturated carbocycles. The van der Waals surface area contributed by atoms with E-state index in [0.29, 0.717) is 6.07 Å². The van der Waals surface area contributed by atoms with Crippen LogP contribution in [0.4, 0.5) is 13.2 Å². The number of rotatable bonds is 2. The highest BCUT2D eigenvalue weighted by Gasteiger charge is 2.17. The number of carbonyl (C=O) groups excluding carboxylic acids is 1. The summed E-state index contributed by atoms with van der Waals surface area (Å²) in [4.78, 5) is 13.5. The fraction of sp³-hybridized carbons (Fsp3) is 0.143. The second kappa shape index (κ2) is 3.87. The zero-order chi connectivity index (χ0) is 10.0. The summed E-state index contributed by atoms with van der Waals surface area (Å²) in [6.07, 6.45) is -2.69. The van der Waals surface area contributed by atoms with Gasteiger partial charge in [0.25, 0.3) is 6.43 Å². The van der Waals surface area contributed by atoms with Crippen molar-refractivity contribution in [3.63, 3.8) is 0 Å². The average molecular weight is 254 g/mol. The predicted molar refractivity (Wildman–Crippen MR) is 42.2 cm³/mol. The molecule has 0 aromatic carbocycles. The number of aromatic nitrogens is 1. The van der Waals surface area contributed by atoms with Crippen LogP contribution < -0.4 is 0 Å². The van der Waals surface area contributed by atoms with Gasteiger partial charge in [-0.05, 0) is 15.9 Å². The Bertz CT molecular complexity index is 343. The molecule has 0 bridgehead atoms. The fourth-order valence-corrected chi connectivity index (χ4v) is 1.30. The van der Waals surface area contributed by atoms with E-state index < -0.39 is 17.9 Å². The van der Waals surface area contributed by atoms with Crippen LogP contribution in [0.2, 0.25) is 0 Å². The third-order valence-electron chi connectivity index (χ3n) is 1.37. The molecule has 0 atom stereocenters. The highest BCUT2D eigenvalue weighted by Crippen LogP contribution is 2.26. The van der Waals surface area contributed by atoms with Crippen molar-refractivity contribution in [2.45, 2.75) is 6.43 Å². The van der Waals surface area contributed by atoms with E-state index in [4.69, 9.17) is 0 Å². The molecule has 0 N–H and O–H groups in total. The highest BCUT2D eigenvalue weighted by molar-refractivity contribution is 9.10. The van der Waals surface area contributed by atoms with Gasteiger partial charge in [-0.1, -0.05) is 0 Å². The third kappa shape index (κ3) is 2.06. The molecule has 1 rings (SSSR count). The van der Waals surface area contributed by atoms with E-state index >= 15 is 0 Å². The first-order valence-corrected chi connectivity index (χ1v) is 3.95. The van der Waals surface area contributed by atoms with Crippen LogP contribution in [-0.2, 0) is 0 Å². The lowest BCUT2D eigenvalue weighted by molar-refractivity contribution is 0.110. The molecule has 0 amide bonds. The third-order valence-corrected chi connectivity index (χ3v) is 1.97. The normalized spacial score (nSPS) is 10.5. The minimum Gasteiger partial charge on any atom is -0.298 e. The first-order valence-electron chi connectivity index (χ1n) is 3.15. The van der Waals surface area contributed by atoms with Crippen LogP contribution in [0.25, 0.3) is 0 Å². The Balaban J connectivity index is 3.38. The number of hydrogen-bond acceptors (Lipinski definition) is 2. The summed E-state index contributed by atoms with van der Waals surface area (Å²) < 4.78 is 36.7. The molecule has 0 aliphatic rings. The van der Waals surface area contributed by atoms with Crippen molar-refractivity contribution in [3.05, 3.63) is 27.7 Å². The van der Waals surface area contributed by atoms with Crippen LogP contribution in [0.5, 0.6) is 0 Å². The molecule has 13 heavy (non-hydrogen) atoms. The van der Waals surface area contributed by atoms with Crippen molar-refractivity contribution >= 4 is 22.2 Å². The van der Waals surface area contributed by atoms with Crippen LogP contribution in [0, 0.1) is 5.95 Å². The molecule has 70 valence electrons. The van der Waals surface area contributed by atoms with Gasteiger partial charge >= 0.3 is 0 Å². The molecule has 1 aromatic rings. The number of halogens is 4. The Morgan fingerprint density at radius 3 is 2.62 bits per heavy atom. The van der Waals surface area contributed by atoms with Gasteiger partial charge in [0, 0.05) is 11.6 Å². The van der Waals surface area contributed by atoms with E-state index in [1.807, 2.05) is 0 Å². The monoisotopic (exact) mass is 253 g/mol. The molecular weight excluding hydrogens is 251 g/mol. The predicted octanol–water partition coefficient (Wildman–Crippen LogP) is 2.73. The smallest absolute Gasteiger partial charge is 0.264 e. The Morgan fingerprint density at radius 1 is 1.54 bits per heavy atom. The highest BCUT2D eigenvalue weighted by atomic mass is 79.9. The Hall–Kier alpha value is -0.910. The summed E-state index contributed by atoms with van der Waals surface area (Å²) in [6, 6.07) is 0.541. The van der Waals surface area contributed by atoms with Gasteiger partial charge < -0.3 is 0 Å². The van der Waals surface area contributed by atoms with E-state index in [1.54, 1.807) is 0 Å². The maximum atomic E-state index is 12.5. The number of hydrogen-bond donors (Lipinski definition) is 0. The minimum absolute atomic E-state index is 0.206. The number of nitrogens with zero attached hydrogens (tertiary/aromatic N) is 1. The van der Waals surface area contributed by atoms with Crippen molar-refractivity contribution in [2.75, 3.05) is 0 Å². The molecule has 6 heteroatoms. The largest absolute Gasteiger partial charge is 0.298 e. The van der Waals surface area contributed by atoms with Crippen LogP contribution in [0.1, 0.15) is 22.3 Å². The molecule has 2 nitrogen and oxygen atoms in total. The Morgan fingerprint density at radius 2 is 2.15 bits per heavy atom. The standard InChI is InChI=1S/C7H3BrF3NO/c8-6-4(2-13)3(7(10)11)1-5(9)12-6/h1-2,7H. The lowest BCUT2D eigenvalue weighted by Crippen LogP contribution is -1.99. The minimum atomic E-state index is -2.89. The summed E-state index contributed by atoms with van der Waals surface area (Å²) in [5.41, 5.74) is -0.981. The lowest BCUT2D eigenvalue weighted by Gasteiger charge is -2.04. The maximum Gasteiger partial charge on any atom is 0.264 e. The number of pyridine rings is 1. The molecule has 0 unspecified atom stereocenters. The zero-order valence-corrected chi connectivity index (χ0v) is 7.69. The SMILES string of the molecule is O=Cc1c(C(F)F)cc(F)nc1Br. The van der Waals surface area contributed by atoms with Gasteiger partial charge in [-0.15, -0.1) is 0 Å². The van der Waals surface area contributed by atoms with E-state index in [9.17, 15) is 18.0 Å². The molecule has 1 aromatic heterocycles. The van der Waals surface area contributed by atoms with E-state index in [1.165, 1.54) is 0 Å². The first-order chi connectivity index (χ1) is 6.06. The second-order valence-electron chi connectivity index (χ2n) is 2.16. The Kier molecular flexibility index (Phi) is 3.02. The summed E-state index contributed by atoms with van der Waals surface area (Å²) in [6.45, 7) is 0. The first kappa shape index (κ1) is 10.2. The molecule has 1 heterocycles. The van der Waals surface area contributed by atoms with Crippen molar-refractivity contribution in [3.8, 4) is 0 Å². The molecular formula is C7H3BrF3NO. The van der Waals surface area contributed by atoms with E-state index in [2.05, 4.69) is 20.9 Å². The molecule has 0 fully saturated rings. The summed E-state index contributed by atoms with van der Waals surface area (Å²) in [7, 11) is 0. The summed E-state index contributed by atoms with van der Waals surface area (Å²) in [5, 5.41) is 0. The molecule has 0 saturated heterocycles. The van der Waals surface area contributed by atoms with Crippen molar-refractivity contribution < 1.29 is 18.0 Å². The molecule has 0 spiro atoms. The maximum absolute atomic E-state index is 12.5. The van der Waals surface area contributed by atoms with Gasteiger partial charge in [0.15, 0.2) is 6.29 Å². The van der Waals surface area contributed by atoms with Crippen molar-refractivity contribution in [1.82, 2.24) is 4.98 Å². The second-order valence-corrected chi connectivity index (χ2v) is 2.91. The zero-order valence-electron chi connectivity index (χ0n) is 6.10. The van der Waals surface area contributed by atoms with Gasteiger partial charge in [0.1, 0.15) is 4.60 Å². The van der Waals surface area contributed by atoms with Crippen LogP contribution in [0.15, 0.2) is 10.7 Å². The van der Waals surface area contributed by atoms with Gasteiger partial charge in [-0.25, -0.2) is 13.8 Å². The van der Waals surface area contributed by atoms with Gasteiger partial charge in [-0.3, -0.25) is 4.79 Å². The van der Waals surface area contributed by atoms with Crippen LogP contribution in [0.3, 0.4) is 0 Å². The fourth-order valence-electron chi connectivity index (χ4n) is 0.809. The van der Waals surface area contributed by atoms with E-state index in [0.717, 1.165) is 0 Å².